The monoisotopic (exact) mass is 522 g/mol. The van der Waals surface area contributed by atoms with E-state index >= 15 is 0 Å². The smallest absolute Gasteiger partial charge is 0.408 e. The Kier molecular flexibility index (Phi) is 8.77. The van der Waals surface area contributed by atoms with Crippen LogP contribution in [0.3, 0.4) is 0 Å². The van der Waals surface area contributed by atoms with Gasteiger partial charge in [0.05, 0.1) is 0 Å². The molecule has 1 aliphatic rings. The molecule has 0 aliphatic carbocycles. The van der Waals surface area contributed by atoms with Gasteiger partial charge in [0, 0.05) is 30.7 Å². The molecule has 0 bridgehead atoms. The number of hydrogen-bond donors (Lipinski definition) is 1. The van der Waals surface area contributed by atoms with Crippen LogP contribution in [-0.2, 0) is 20.7 Å². The van der Waals surface area contributed by atoms with Crippen LogP contribution in [0.2, 0.25) is 0 Å². The maximum absolute atomic E-state index is 14.0. The summed E-state index contributed by atoms with van der Waals surface area (Å²) in [4.78, 5) is 41.9. The zero-order chi connectivity index (χ0) is 27.8. The average Bonchev–Trinajstić information content (AvgIpc) is 2.91. The van der Waals surface area contributed by atoms with Crippen molar-refractivity contribution in [2.45, 2.75) is 38.8 Å². The van der Waals surface area contributed by atoms with Crippen molar-refractivity contribution in [2.75, 3.05) is 13.1 Å². The quantitative estimate of drug-likeness (QED) is 0.422. The number of Topliss-reactive ketones (excluding diaryl/α,β-unsaturated/α-hetero) is 1. The number of benzene rings is 3. The van der Waals surface area contributed by atoms with Crippen LogP contribution < -0.4 is 5.32 Å². The van der Waals surface area contributed by atoms with Gasteiger partial charge in [0.2, 0.25) is 5.91 Å². The number of alkyl carbamates (subject to hydrolysis) is 1. The average molecular weight is 523 g/mol. The number of nitrogens with zero attached hydrogens (tertiary/aromatic N) is 1. The molecule has 4 rings (SSSR count). The van der Waals surface area contributed by atoms with E-state index in [0.29, 0.717) is 17.6 Å². The molecule has 0 saturated carbocycles. The third-order valence-corrected chi connectivity index (χ3v) is 6.17. The minimum atomic E-state index is -0.869. The van der Waals surface area contributed by atoms with Crippen molar-refractivity contribution in [3.63, 3.8) is 0 Å². The van der Waals surface area contributed by atoms with Crippen LogP contribution in [0, 0.1) is 0 Å². The van der Waals surface area contributed by atoms with Gasteiger partial charge in [-0.05, 0) is 49.6 Å². The number of likely N-dealkylation sites (tertiary alicyclic amines) is 1. The molecule has 200 valence electrons. The maximum atomic E-state index is 14.0. The van der Waals surface area contributed by atoms with Crippen molar-refractivity contribution < 1.29 is 19.1 Å². The maximum Gasteiger partial charge on any atom is 0.408 e. The Bertz CT molecular complexity index is 1300. The molecule has 6 heteroatoms. The molecule has 3 aromatic rings. The van der Waals surface area contributed by atoms with E-state index in [2.05, 4.69) is 5.32 Å². The van der Waals surface area contributed by atoms with Gasteiger partial charge in [0.15, 0.2) is 5.78 Å². The van der Waals surface area contributed by atoms with Gasteiger partial charge in [-0.2, -0.15) is 0 Å². The van der Waals surface area contributed by atoms with Gasteiger partial charge >= 0.3 is 6.09 Å². The van der Waals surface area contributed by atoms with Gasteiger partial charge in [-0.25, -0.2) is 4.79 Å². The lowest BCUT2D eigenvalue weighted by molar-refractivity contribution is -0.133. The summed E-state index contributed by atoms with van der Waals surface area (Å²) >= 11 is 0. The Morgan fingerprint density at radius 2 is 1.28 bits per heavy atom. The molecule has 3 aromatic carbocycles. The number of ether oxygens (including phenoxy) is 1. The summed E-state index contributed by atoms with van der Waals surface area (Å²) in [6, 6.07) is 27.8. The van der Waals surface area contributed by atoms with Crippen LogP contribution in [-0.4, -0.2) is 47.4 Å². The SMILES string of the molecule is CC(C)(C)OC(=O)N[C@@H](Cc1ccccc1)C(=O)N1C/C(=C\c2ccccc2)C(=O)/C(=C/c2ccccc2)C1. The second-order valence-electron chi connectivity index (χ2n) is 10.6. The molecule has 1 atom stereocenters. The van der Waals surface area contributed by atoms with Crippen LogP contribution in [0.5, 0.6) is 0 Å². The van der Waals surface area contributed by atoms with E-state index in [9.17, 15) is 14.4 Å². The third kappa shape index (κ3) is 8.01. The van der Waals surface area contributed by atoms with Gasteiger partial charge in [-0.15, -0.1) is 0 Å². The predicted octanol–water partition coefficient (Wildman–Crippen LogP) is 5.70. The molecule has 0 radical (unpaired) electrons. The van der Waals surface area contributed by atoms with Crippen LogP contribution in [0.4, 0.5) is 4.79 Å². The number of piperidine rings is 1. The second-order valence-corrected chi connectivity index (χ2v) is 10.6. The molecular weight excluding hydrogens is 488 g/mol. The lowest BCUT2D eigenvalue weighted by Crippen LogP contribution is -2.53. The summed E-state index contributed by atoms with van der Waals surface area (Å²) in [5.74, 6) is -0.374. The van der Waals surface area contributed by atoms with Crippen LogP contribution >= 0.6 is 0 Å². The Hall–Kier alpha value is -4.45. The van der Waals surface area contributed by atoms with E-state index in [1.54, 1.807) is 25.7 Å². The molecule has 0 aromatic heterocycles. The van der Waals surface area contributed by atoms with Gasteiger partial charge in [-0.1, -0.05) is 91.0 Å². The zero-order valence-electron chi connectivity index (χ0n) is 22.6. The Morgan fingerprint density at radius 3 is 1.74 bits per heavy atom. The molecule has 1 aliphatic heterocycles. The summed E-state index contributed by atoms with van der Waals surface area (Å²) in [7, 11) is 0. The Labute approximate surface area is 230 Å². The number of hydrogen-bond acceptors (Lipinski definition) is 4. The highest BCUT2D eigenvalue weighted by atomic mass is 16.6. The minimum absolute atomic E-state index is 0.0912. The van der Waals surface area contributed by atoms with Gasteiger partial charge < -0.3 is 15.0 Å². The summed E-state index contributed by atoms with van der Waals surface area (Å²) in [5.41, 5.74) is 2.97. The fraction of sp³-hybridized carbons (Fsp3) is 0.242. The van der Waals surface area contributed by atoms with E-state index < -0.39 is 17.7 Å². The second kappa shape index (κ2) is 12.4. The van der Waals surface area contributed by atoms with Gasteiger partial charge in [-0.3, -0.25) is 9.59 Å². The fourth-order valence-corrected chi connectivity index (χ4v) is 4.42. The highest BCUT2D eigenvalue weighted by Gasteiger charge is 2.34. The molecule has 1 saturated heterocycles. The van der Waals surface area contributed by atoms with E-state index in [1.807, 2.05) is 103 Å². The summed E-state index contributed by atoms with van der Waals surface area (Å²) in [6.07, 6.45) is 3.28. The normalized spacial score (nSPS) is 16.7. The Morgan fingerprint density at radius 1 is 0.821 bits per heavy atom. The molecule has 39 heavy (non-hydrogen) atoms. The summed E-state index contributed by atoms with van der Waals surface area (Å²) in [6.45, 7) is 5.61. The van der Waals surface area contributed by atoms with Crippen molar-refractivity contribution in [1.82, 2.24) is 10.2 Å². The first kappa shape index (κ1) is 27.6. The molecule has 0 unspecified atom stereocenters. The highest BCUT2D eigenvalue weighted by molar-refractivity contribution is 6.15. The molecule has 1 heterocycles. The molecular formula is C33H34N2O4. The van der Waals surface area contributed by atoms with Crippen molar-refractivity contribution >= 4 is 29.9 Å². The Balaban J connectivity index is 1.67. The number of carbonyl (C=O) groups is 3. The standard InChI is InChI=1S/C33H34N2O4/c1-33(2,3)39-32(38)34-29(21-26-17-11-6-12-18-26)31(37)35-22-27(19-24-13-7-4-8-14-24)30(36)28(23-35)20-25-15-9-5-10-16-25/h4-20,29H,21-23H2,1-3H3,(H,34,38)/b27-19+,28-20+/t29-/m0/s1. The van der Waals surface area contributed by atoms with E-state index in [1.165, 1.54) is 0 Å². The number of amides is 2. The van der Waals surface area contributed by atoms with Crippen LogP contribution in [0.25, 0.3) is 12.2 Å². The highest BCUT2D eigenvalue weighted by Crippen LogP contribution is 2.23. The molecule has 1 fully saturated rings. The van der Waals surface area contributed by atoms with Crippen LogP contribution in [0.15, 0.2) is 102 Å². The number of ketones is 1. The largest absolute Gasteiger partial charge is 0.444 e. The van der Waals surface area contributed by atoms with Crippen molar-refractivity contribution in [1.29, 1.82) is 0 Å². The van der Waals surface area contributed by atoms with Crippen molar-refractivity contribution in [3.05, 3.63) is 119 Å². The van der Waals surface area contributed by atoms with Gasteiger partial charge in [0.25, 0.3) is 0 Å². The van der Waals surface area contributed by atoms with Crippen LogP contribution in [0.1, 0.15) is 37.5 Å². The molecule has 2 amide bonds. The third-order valence-electron chi connectivity index (χ3n) is 6.17. The summed E-state index contributed by atoms with van der Waals surface area (Å²) < 4.78 is 5.46. The first-order valence-electron chi connectivity index (χ1n) is 13.1. The zero-order valence-corrected chi connectivity index (χ0v) is 22.6. The predicted molar refractivity (Wildman–Crippen MR) is 154 cm³/mol. The molecule has 1 N–H and O–H groups in total. The van der Waals surface area contributed by atoms with Crippen molar-refractivity contribution in [2.24, 2.45) is 0 Å². The number of nitrogens with one attached hydrogen (secondary N) is 1. The van der Waals surface area contributed by atoms with E-state index in [0.717, 1.165) is 16.7 Å². The number of carbonyl (C=O) groups excluding carboxylic acids is 3. The van der Waals surface area contributed by atoms with E-state index in [-0.39, 0.29) is 24.8 Å². The fourth-order valence-electron chi connectivity index (χ4n) is 4.42. The van der Waals surface area contributed by atoms with E-state index in [4.69, 9.17) is 4.74 Å². The summed E-state index contributed by atoms with van der Waals surface area (Å²) in [5, 5.41) is 2.78. The first-order valence-corrected chi connectivity index (χ1v) is 13.1. The lowest BCUT2D eigenvalue weighted by Gasteiger charge is -2.33. The number of rotatable bonds is 6. The van der Waals surface area contributed by atoms with Crippen molar-refractivity contribution in [3.8, 4) is 0 Å². The topological polar surface area (TPSA) is 75.7 Å². The molecule has 0 spiro atoms. The first-order chi connectivity index (χ1) is 18.7. The molecule has 6 nitrogen and oxygen atoms in total. The minimum Gasteiger partial charge on any atom is -0.444 e. The van der Waals surface area contributed by atoms with Gasteiger partial charge in [0.1, 0.15) is 11.6 Å². The lowest BCUT2D eigenvalue weighted by atomic mass is 9.93.